The van der Waals surface area contributed by atoms with Crippen LogP contribution in [0.2, 0.25) is 0 Å². The highest BCUT2D eigenvalue weighted by atomic mass is 32.2. The first-order valence-electron chi connectivity index (χ1n) is 8.83. The number of carbonyl (C=O) groups is 1. The normalized spacial score (nSPS) is 11.9. The van der Waals surface area contributed by atoms with Gasteiger partial charge in [0, 0.05) is 5.69 Å². The average molecular weight is 389 g/mol. The van der Waals surface area contributed by atoms with Gasteiger partial charge in [-0.2, -0.15) is 0 Å². The molecule has 0 saturated heterocycles. The standard InChI is InChI=1S/C21H28N2O3S/c1-15-7-12-19(16(2)13-15)22-20(24)14-23(27(6,25)26)18-10-8-17(9-11-18)21(3,4)5/h7-13H,14H2,1-6H3,(H,22,24). The van der Waals surface area contributed by atoms with Crippen LogP contribution in [0.4, 0.5) is 11.4 Å². The minimum absolute atomic E-state index is 0.0329. The predicted octanol–water partition coefficient (Wildman–Crippen LogP) is 4.01. The first-order chi connectivity index (χ1) is 12.4. The van der Waals surface area contributed by atoms with Crippen LogP contribution in [-0.2, 0) is 20.2 Å². The lowest BCUT2D eigenvalue weighted by atomic mass is 9.87. The third kappa shape index (κ3) is 5.57. The molecule has 0 aliphatic carbocycles. The number of rotatable bonds is 5. The lowest BCUT2D eigenvalue weighted by Gasteiger charge is -2.24. The molecule has 0 fully saturated rings. The van der Waals surface area contributed by atoms with Crippen molar-refractivity contribution in [3.05, 3.63) is 59.2 Å². The quantitative estimate of drug-likeness (QED) is 0.842. The summed E-state index contributed by atoms with van der Waals surface area (Å²) >= 11 is 0. The molecule has 0 atom stereocenters. The van der Waals surface area contributed by atoms with Crippen LogP contribution < -0.4 is 9.62 Å². The van der Waals surface area contributed by atoms with E-state index < -0.39 is 10.0 Å². The second-order valence-corrected chi connectivity index (χ2v) is 9.84. The van der Waals surface area contributed by atoms with Gasteiger partial charge in [0.2, 0.25) is 15.9 Å². The smallest absolute Gasteiger partial charge is 0.245 e. The molecule has 2 aromatic carbocycles. The van der Waals surface area contributed by atoms with Gasteiger partial charge in [0.25, 0.3) is 0 Å². The minimum Gasteiger partial charge on any atom is -0.324 e. The van der Waals surface area contributed by atoms with Crippen molar-refractivity contribution >= 4 is 27.3 Å². The van der Waals surface area contributed by atoms with Gasteiger partial charge in [-0.1, -0.05) is 50.6 Å². The van der Waals surface area contributed by atoms with E-state index in [1.54, 1.807) is 12.1 Å². The fraction of sp³-hybridized carbons (Fsp3) is 0.381. The van der Waals surface area contributed by atoms with E-state index in [-0.39, 0.29) is 17.9 Å². The number of aryl methyl sites for hydroxylation is 2. The maximum atomic E-state index is 12.5. The molecule has 6 heteroatoms. The van der Waals surface area contributed by atoms with Gasteiger partial charge in [-0.05, 0) is 48.6 Å². The number of nitrogens with one attached hydrogen (secondary N) is 1. The summed E-state index contributed by atoms with van der Waals surface area (Å²) in [7, 11) is -3.60. The minimum atomic E-state index is -3.60. The summed E-state index contributed by atoms with van der Waals surface area (Å²) in [6.07, 6.45) is 1.11. The molecule has 0 saturated carbocycles. The maximum Gasteiger partial charge on any atom is 0.245 e. The van der Waals surface area contributed by atoms with E-state index >= 15 is 0 Å². The highest BCUT2D eigenvalue weighted by Crippen LogP contribution is 2.26. The Balaban J connectivity index is 2.23. The van der Waals surface area contributed by atoms with Crippen molar-refractivity contribution < 1.29 is 13.2 Å². The predicted molar refractivity (Wildman–Crippen MR) is 112 cm³/mol. The lowest BCUT2D eigenvalue weighted by molar-refractivity contribution is -0.114. The summed E-state index contributed by atoms with van der Waals surface area (Å²) in [6, 6.07) is 13.0. The fourth-order valence-corrected chi connectivity index (χ4v) is 3.66. The molecule has 0 bridgehead atoms. The third-order valence-corrected chi connectivity index (χ3v) is 5.51. The Morgan fingerprint density at radius 2 is 1.63 bits per heavy atom. The number of hydrogen-bond donors (Lipinski definition) is 1. The van der Waals surface area contributed by atoms with Crippen LogP contribution in [0.3, 0.4) is 0 Å². The summed E-state index contributed by atoms with van der Waals surface area (Å²) in [4.78, 5) is 12.5. The van der Waals surface area contributed by atoms with Gasteiger partial charge >= 0.3 is 0 Å². The van der Waals surface area contributed by atoms with Crippen molar-refractivity contribution in [3.8, 4) is 0 Å². The molecule has 0 aliphatic heterocycles. The van der Waals surface area contributed by atoms with Gasteiger partial charge < -0.3 is 5.32 Å². The van der Waals surface area contributed by atoms with Gasteiger partial charge in [0.1, 0.15) is 6.54 Å². The van der Waals surface area contributed by atoms with Crippen LogP contribution in [0.25, 0.3) is 0 Å². The molecular weight excluding hydrogens is 360 g/mol. The third-order valence-electron chi connectivity index (χ3n) is 4.36. The molecule has 0 spiro atoms. The Kier molecular flexibility index (Phi) is 6.00. The van der Waals surface area contributed by atoms with Gasteiger partial charge in [-0.15, -0.1) is 0 Å². The highest BCUT2D eigenvalue weighted by Gasteiger charge is 2.22. The van der Waals surface area contributed by atoms with Crippen LogP contribution >= 0.6 is 0 Å². The highest BCUT2D eigenvalue weighted by molar-refractivity contribution is 7.92. The lowest BCUT2D eigenvalue weighted by Crippen LogP contribution is -2.37. The van der Waals surface area contributed by atoms with E-state index in [1.165, 1.54) is 0 Å². The van der Waals surface area contributed by atoms with Crippen LogP contribution in [0, 0.1) is 13.8 Å². The Hall–Kier alpha value is -2.34. The van der Waals surface area contributed by atoms with Gasteiger partial charge in [0.15, 0.2) is 0 Å². The zero-order valence-corrected chi connectivity index (χ0v) is 17.6. The largest absolute Gasteiger partial charge is 0.324 e. The summed E-state index contributed by atoms with van der Waals surface area (Å²) in [5, 5.41) is 2.80. The molecular formula is C21H28N2O3S. The number of sulfonamides is 1. The SMILES string of the molecule is Cc1ccc(NC(=O)CN(c2ccc(C(C)(C)C)cc2)S(C)(=O)=O)c(C)c1. The number of amides is 1. The summed E-state index contributed by atoms with van der Waals surface area (Å²) < 4.78 is 25.6. The molecule has 0 radical (unpaired) electrons. The van der Waals surface area contributed by atoms with E-state index in [1.807, 2.05) is 44.2 Å². The van der Waals surface area contributed by atoms with Gasteiger partial charge in [-0.25, -0.2) is 8.42 Å². The van der Waals surface area contributed by atoms with Crippen molar-refractivity contribution in [3.63, 3.8) is 0 Å². The Labute approximate surface area is 162 Å². The summed E-state index contributed by atoms with van der Waals surface area (Å²) in [6.45, 7) is 9.88. The van der Waals surface area contributed by atoms with Crippen molar-refractivity contribution in [1.82, 2.24) is 0 Å². The molecule has 0 aliphatic rings. The first kappa shape index (κ1) is 21.0. The van der Waals surface area contributed by atoms with E-state index in [9.17, 15) is 13.2 Å². The topological polar surface area (TPSA) is 66.5 Å². The molecule has 2 aromatic rings. The zero-order chi connectivity index (χ0) is 20.4. The number of benzene rings is 2. The van der Waals surface area contributed by atoms with Crippen molar-refractivity contribution in [1.29, 1.82) is 0 Å². The van der Waals surface area contributed by atoms with E-state index in [4.69, 9.17) is 0 Å². The molecule has 1 amide bonds. The van der Waals surface area contributed by atoms with Crippen molar-refractivity contribution in [2.75, 3.05) is 22.4 Å². The number of hydrogen-bond acceptors (Lipinski definition) is 3. The average Bonchev–Trinajstić information content (AvgIpc) is 2.53. The van der Waals surface area contributed by atoms with E-state index in [2.05, 4.69) is 26.1 Å². The fourth-order valence-electron chi connectivity index (χ4n) is 2.80. The Bertz CT molecular complexity index is 927. The van der Waals surface area contributed by atoms with E-state index in [0.29, 0.717) is 11.4 Å². The molecule has 0 aromatic heterocycles. The zero-order valence-electron chi connectivity index (χ0n) is 16.8. The van der Waals surface area contributed by atoms with Crippen LogP contribution in [0.5, 0.6) is 0 Å². The number of carbonyl (C=O) groups excluding carboxylic acids is 1. The molecule has 2 rings (SSSR count). The van der Waals surface area contributed by atoms with Gasteiger partial charge in [0.05, 0.1) is 11.9 Å². The second kappa shape index (κ2) is 7.72. The van der Waals surface area contributed by atoms with E-state index in [0.717, 1.165) is 27.3 Å². The van der Waals surface area contributed by atoms with Crippen LogP contribution in [0.1, 0.15) is 37.5 Å². The molecule has 0 unspecified atom stereocenters. The van der Waals surface area contributed by atoms with Crippen LogP contribution in [0.15, 0.2) is 42.5 Å². The van der Waals surface area contributed by atoms with Crippen LogP contribution in [-0.4, -0.2) is 27.1 Å². The number of nitrogens with zero attached hydrogens (tertiary/aromatic N) is 1. The molecule has 5 nitrogen and oxygen atoms in total. The monoisotopic (exact) mass is 388 g/mol. The summed E-state index contributed by atoms with van der Waals surface area (Å²) in [5.74, 6) is -0.382. The Morgan fingerprint density at radius 3 is 2.11 bits per heavy atom. The molecule has 146 valence electrons. The summed E-state index contributed by atoms with van der Waals surface area (Å²) in [5.41, 5.74) is 4.25. The maximum absolute atomic E-state index is 12.5. The second-order valence-electron chi connectivity index (χ2n) is 7.93. The van der Waals surface area contributed by atoms with Crippen molar-refractivity contribution in [2.45, 2.75) is 40.0 Å². The molecule has 0 heterocycles. The van der Waals surface area contributed by atoms with Crippen molar-refractivity contribution in [2.24, 2.45) is 0 Å². The Morgan fingerprint density at radius 1 is 1.04 bits per heavy atom. The molecule has 1 N–H and O–H groups in total. The first-order valence-corrected chi connectivity index (χ1v) is 10.7. The number of anilines is 2. The van der Waals surface area contributed by atoms with Gasteiger partial charge in [-0.3, -0.25) is 9.10 Å². The molecule has 27 heavy (non-hydrogen) atoms.